The van der Waals surface area contributed by atoms with Crippen LogP contribution in [0, 0.1) is 0 Å². The summed E-state index contributed by atoms with van der Waals surface area (Å²) < 4.78 is 0. The molecule has 0 unspecified atom stereocenters. The number of anilines is 3. The Hall–Kier alpha value is -1.83. The lowest BCUT2D eigenvalue weighted by Gasteiger charge is -2.23. The smallest absolute Gasteiger partial charge is 0.246 e. The Morgan fingerprint density at radius 2 is 0.792 bits per heavy atom. The maximum Gasteiger partial charge on any atom is 0.246 e. The zero-order chi connectivity index (χ0) is 18.4. The SMILES string of the molecule is CC(C)N(O)Nc1nc(NN(O)C(C)C)nc(NN(O)C(C)C)n1. The number of rotatable bonds is 9. The normalized spacial score (nSPS) is 12.1. The van der Waals surface area contributed by atoms with Gasteiger partial charge in [-0.15, -0.1) is 0 Å². The highest BCUT2D eigenvalue weighted by atomic mass is 16.5. The van der Waals surface area contributed by atoms with Crippen LogP contribution in [0.2, 0.25) is 0 Å². The third-order valence-corrected chi connectivity index (χ3v) is 2.75. The minimum atomic E-state index is -0.232. The van der Waals surface area contributed by atoms with E-state index in [1.807, 2.05) is 0 Å². The van der Waals surface area contributed by atoms with Crippen molar-refractivity contribution in [2.75, 3.05) is 16.3 Å². The zero-order valence-electron chi connectivity index (χ0n) is 14.8. The summed E-state index contributed by atoms with van der Waals surface area (Å²) in [6, 6.07) is -0.696. The van der Waals surface area contributed by atoms with Crippen molar-refractivity contribution in [1.29, 1.82) is 0 Å². The average molecular weight is 345 g/mol. The van der Waals surface area contributed by atoms with Crippen molar-refractivity contribution in [3.8, 4) is 0 Å². The van der Waals surface area contributed by atoms with Crippen molar-refractivity contribution in [3.05, 3.63) is 0 Å². The summed E-state index contributed by atoms with van der Waals surface area (Å²) in [7, 11) is 0. The van der Waals surface area contributed by atoms with Crippen LogP contribution in [0.5, 0.6) is 0 Å². The highest BCUT2D eigenvalue weighted by molar-refractivity contribution is 5.40. The van der Waals surface area contributed by atoms with Gasteiger partial charge in [-0.05, 0) is 41.5 Å². The van der Waals surface area contributed by atoms with E-state index in [4.69, 9.17) is 0 Å². The van der Waals surface area contributed by atoms with Gasteiger partial charge in [0.1, 0.15) is 0 Å². The number of hydrogen-bond acceptors (Lipinski definition) is 12. The Bertz CT molecular complexity index is 431. The molecule has 0 saturated heterocycles. The molecule has 0 aliphatic heterocycles. The maximum absolute atomic E-state index is 9.76. The fraction of sp³-hybridized carbons (Fsp3) is 0.750. The molecule has 1 rings (SSSR count). The summed E-state index contributed by atoms with van der Waals surface area (Å²) in [6.45, 7) is 10.6. The monoisotopic (exact) mass is 345 g/mol. The second-order valence-electron chi connectivity index (χ2n) is 5.96. The fourth-order valence-electron chi connectivity index (χ4n) is 1.22. The molecule has 138 valence electrons. The van der Waals surface area contributed by atoms with Crippen LogP contribution in [0.1, 0.15) is 41.5 Å². The lowest BCUT2D eigenvalue weighted by molar-refractivity contribution is -0.0951. The van der Waals surface area contributed by atoms with E-state index >= 15 is 0 Å². The van der Waals surface area contributed by atoms with Crippen molar-refractivity contribution in [1.82, 2.24) is 30.5 Å². The molecule has 0 aromatic carbocycles. The highest BCUT2D eigenvalue weighted by Gasteiger charge is 2.15. The number of nitrogens with zero attached hydrogens (tertiary/aromatic N) is 6. The molecule has 0 aliphatic carbocycles. The van der Waals surface area contributed by atoms with Gasteiger partial charge in [0.25, 0.3) is 0 Å². The van der Waals surface area contributed by atoms with Crippen LogP contribution in [-0.2, 0) is 0 Å². The van der Waals surface area contributed by atoms with E-state index in [1.165, 1.54) is 0 Å². The average Bonchev–Trinajstić information content (AvgIpc) is 2.46. The molecule has 0 saturated carbocycles. The Morgan fingerprint density at radius 3 is 0.958 bits per heavy atom. The summed E-state index contributed by atoms with van der Waals surface area (Å²) in [5.74, 6) is 0.0431. The molecule has 0 atom stereocenters. The maximum atomic E-state index is 9.76. The molecular formula is C12H27N9O3. The van der Waals surface area contributed by atoms with E-state index in [1.54, 1.807) is 41.5 Å². The Kier molecular flexibility index (Phi) is 7.47. The first-order chi connectivity index (χ1) is 11.1. The van der Waals surface area contributed by atoms with Crippen molar-refractivity contribution in [3.63, 3.8) is 0 Å². The molecule has 0 bridgehead atoms. The van der Waals surface area contributed by atoms with Gasteiger partial charge in [0.2, 0.25) is 17.8 Å². The quantitative estimate of drug-likeness (QED) is 0.357. The molecule has 0 amide bonds. The number of hydroxylamine groups is 3. The van der Waals surface area contributed by atoms with E-state index in [2.05, 4.69) is 31.2 Å². The molecule has 0 radical (unpaired) electrons. The van der Waals surface area contributed by atoms with Crippen LogP contribution in [-0.4, -0.2) is 64.2 Å². The van der Waals surface area contributed by atoms with Gasteiger partial charge in [0.05, 0.1) is 18.1 Å². The third-order valence-electron chi connectivity index (χ3n) is 2.75. The van der Waals surface area contributed by atoms with Crippen LogP contribution >= 0.6 is 0 Å². The minimum Gasteiger partial charge on any atom is -0.294 e. The molecule has 1 aromatic rings. The van der Waals surface area contributed by atoms with Gasteiger partial charge < -0.3 is 0 Å². The predicted molar refractivity (Wildman–Crippen MR) is 87.0 cm³/mol. The lowest BCUT2D eigenvalue weighted by atomic mass is 10.4. The number of hydrazine groups is 3. The molecule has 0 aliphatic rings. The van der Waals surface area contributed by atoms with E-state index in [0.29, 0.717) is 0 Å². The van der Waals surface area contributed by atoms with Gasteiger partial charge in [-0.1, -0.05) is 15.5 Å². The van der Waals surface area contributed by atoms with Crippen molar-refractivity contribution in [2.45, 2.75) is 59.7 Å². The molecule has 1 aromatic heterocycles. The van der Waals surface area contributed by atoms with Crippen molar-refractivity contribution < 1.29 is 15.6 Å². The van der Waals surface area contributed by atoms with Crippen molar-refractivity contribution in [2.24, 2.45) is 0 Å². The lowest BCUT2D eigenvalue weighted by Crippen LogP contribution is -2.37. The van der Waals surface area contributed by atoms with E-state index in [9.17, 15) is 15.6 Å². The largest absolute Gasteiger partial charge is 0.294 e. The second-order valence-corrected chi connectivity index (χ2v) is 5.96. The topological polar surface area (TPSA) is 145 Å². The third kappa shape index (κ3) is 6.35. The second kappa shape index (κ2) is 8.86. The Balaban J connectivity index is 3.04. The van der Waals surface area contributed by atoms with Gasteiger partial charge in [-0.3, -0.25) is 31.9 Å². The number of hydrogen-bond donors (Lipinski definition) is 6. The first-order valence-electron chi connectivity index (χ1n) is 7.60. The van der Waals surface area contributed by atoms with Crippen molar-refractivity contribution >= 4 is 17.8 Å². The summed E-state index contributed by atoms with van der Waals surface area (Å²) in [6.07, 6.45) is 0. The minimum absolute atomic E-state index is 0.0144. The number of aromatic nitrogens is 3. The fourth-order valence-corrected chi connectivity index (χ4v) is 1.22. The molecule has 24 heavy (non-hydrogen) atoms. The van der Waals surface area contributed by atoms with Gasteiger partial charge in [-0.2, -0.15) is 15.0 Å². The van der Waals surface area contributed by atoms with Gasteiger partial charge in [0.15, 0.2) is 0 Å². The Labute approximate surface area is 140 Å². The molecule has 0 fully saturated rings. The predicted octanol–water partition coefficient (Wildman–Crippen LogP) is 1.15. The standard InChI is InChI=1S/C12H27N9O3/c1-7(2)19(22)16-10-13-11(17-20(23)8(3)4)15-12(14-10)18-21(24)9(5)6/h7-9,22-24H,1-6H3,(H3,13,14,15,16,17,18). The van der Waals surface area contributed by atoms with Crippen LogP contribution in [0.4, 0.5) is 17.8 Å². The van der Waals surface area contributed by atoms with E-state index in [0.717, 1.165) is 15.5 Å². The first-order valence-corrected chi connectivity index (χ1v) is 7.60. The van der Waals surface area contributed by atoms with E-state index < -0.39 is 0 Å². The summed E-state index contributed by atoms with van der Waals surface area (Å²) >= 11 is 0. The van der Waals surface area contributed by atoms with E-state index in [-0.39, 0.29) is 36.0 Å². The molecule has 0 spiro atoms. The first kappa shape index (κ1) is 20.2. The van der Waals surface area contributed by atoms with Crippen LogP contribution in [0.25, 0.3) is 0 Å². The van der Waals surface area contributed by atoms with Gasteiger partial charge in [0, 0.05) is 0 Å². The molecule has 12 heteroatoms. The summed E-state index contributed by atoms with van der Waals surface area (Å²) in [5, 5.41) is 31.8. The molecule has 12 nitrogen and oxygen atoms in total. The number of nitrogens with one attached hydrogen (secondary N) is 3. The summed E-state index contributed by atoms with van der Waals surface area (Å²) in [4.78, 5) is 12.1. The molecular weight excluding hydrogens is 318 g/mol. The highest BCUT2D eigenvalue weighted by Crippen LogP contribution is 2.12. The van der Waals surface area contributed by atoms with Crippen LogP contribution < -0.4 is 16.3 Å². The Morgan fingerprint density at radius 1 is 0.583 bits per heavy atom. The van der Waals surface area contributed by atoms with Crippen LogP contribution in [0.3, 0.4) is 0 Å². The zero-order valence-corrected chi connectivity index (χ0v) is 14.8. The van der Waals surface area contributed by atoms with Gasteiger partial charge >= 0.3 is 0 Å². The van der Waals surface area contributed by atoms with Crippen LogP contribution in [0.15, 0.2) is 0 Å². The molecule has 6 N–H and O–H groups in total. The van der Waals surface area contributed by atoms with Gasteiger partial charge in [-0.25, -0.2) is 0 Å². The summed E-state index contributed by atoms with van der Waals surface area (Å²) in [5.41, 5.74) is 7.72. The molecule has 1 heterocycles.